The zero-order valence-electron chi connectivity index (χ0n) is 12.3. The minimum atomic E-state index is -0.201. The Balaban J connectivity index is 2.06. The zero-order chi connectivity index (χ0) is 15.9. The summed E-state index contributed by atoms with van der Waals surface area (Å²) in [5.74, 6) is 1.07. The van der Waals surface area contributed by atoms with E-state index in [0.717, 1.165) is 15.7 Å². The molecule has 1 N–H and O–H groups in total. The van der Waals surface area contributed by atoms with Crippen LogP contribution in [0.1, 0.15) is 5.56 Å². The van der Waals surface area contributed by atoms with Crippen LogP contribution in [-0.2, 0) is 4.79 Å². The average Bonchev–Trinajstić information content (AvgIpc) is 2.52. The minimum Gasteiger partial charge on any atom is -0.493 e. The fraction of sp³-hybridized carbons (Fsp3) is 0.118. The van der Waals surface area contributed by atoms with Gasteiger partial charge in [-0.3, -0.25) is 4.79 Å². The second-order valence-corrected chi connectivity index (χ2v) is 5.36. The van der Waals surface area contributed by atoms with Gasteiger partial charge in [-0.1, -0.05) is 28.1 Å². The Morgan fingerprint density at radius 1 is 1.09 bits per heavy atom. The molecule has 0 fully saturated rings. The molecule has 0 aliphatic heterocycles. The first-order chi connectivity index (χ1) is 10.6. The van der Waals surface area contributed by atoms with Gasteiger partial charge in [-0.15, -0.1) is 0 Å². The van der Waals surface area contributed by atoms with E-state index in [2.05, 4.69) is 21.2 Å². The Hall–Kier alpha value is -2.27. The van der Waals surface area contributed by atoms with Crippen LogP contribution >= 0.6 is 15.9 Å². The summed E-state index contributed by atoms with van der Waals surface area (Å²) in [7, 11) is 3.16. The molecule has 0 saturated heterocycles. The first-order valence-electron chi connectivity index (χ1n) is 6.59. The van der Waals surface area contributed by atoms with Gasteiger partial charge >= 0.3 is 0 Å². The SMILES string of the molecule is COc1ccc(/C=C/C(=O)Nc2cccc(Br)c2)cc1OC. The molecule has 114 valence electrons. The van der Waals surface area contributed by atoms with E-state index < -0.39 is 0 Å². The number of ether oxygens (including phenoxy) is 2. The van der Waals surface area contributed by atoms with Crippen molar-refractivity contribution in [1.82, 2.24) is 0 Å². The number of hydrogen-bond donors (Lipinski definition) is 1. The van der Waals surface area contributed by atoms with Gasteiger partial charge < -0.3 is 14.8 Å². The van der Waals surface area contributed by atoms with E-state index in [1.54, 1.807) is 26.4 Å². The van der Waals surface area contributed by atoms with E-state index in [1.807, 2.05) is 36.4 Å². The van der Waals surface area contributed by atoms with E-state index in [1.165, 1.54) is 6.08 Å². The molecule has 0 spiro atoms. The normalized spacial score (nSPS) is 10.5. The second kappa shape index (κ2) is 7.66. The molecule has 0 aliphatic carbocycles. The molecule has 0 atom stereocenters. The molecule has 0 saturated carbocycles. The number of carbonyl (C=O) groups excluding carboxylic acids is 1. The summed E-state index contributed by atoms with van der Waals surface area (Å²) in [6.45, 7) is 0. The summed E-state index contributed by atoms with van der Waals surface area (Å²) in [6.07, 6.45) is 3.19. The quantitative estimate of drug-likeness (QED) is 0.814. The topological polar surface area (TPSA) is 47.6 Å². The van der Waals surface area contributed by atoms with Crippen LogP contribution in [0, 0.1) is 0 Å². The summed E-state index contributed by atoms with van der Waals surface area (Å²) in [4.78, 5) is 11.9. The van der Waals surface area contributed by atoms with Crippen LogP contribution in [0.15, 0.2) is 53.0 Å². The lowest BCUT2D eigenvalue weighted by Gasteiger charge is -2.07. The van der Waals surface area contributed by atoms with Gasteiger partial charge in [-0.05, 0) is 42.0 Å². The molecule has 0 radical (unpaired) electrons. The smallest absolute Gasteiger partial charge is 0.248 e. The molecule has 1 amide bonds. The van der Waals surface area contributed by atoms with Gasteiger partial charge in [0.15, 0.2) is 11.5 Å². The fourth-order valence-electron chi connectivity index (χ4n) is 1.88. The van der Waals surface area contributed by atoms with Crippen molar-refractivity contribution in [2.45, 2.75) is 0 Å². The Bertz CT molecular complexity index is 698. The highest BCUT2D eigenvalue weighted by molar-refractivity contribution is 9.10. The molecule has 2 aromatic rings. The average molecular weight is 362 g/mol. The molecule has 22 heavy (non-hydrogen) atoms. The van der Waals surface area contributed by atoms with Crippen LogP contribution in [0.4, 0.5) is 5.69 Å². The minimum absolute atomic E-state index is 0.201. The molecule has 5 heteroatoms. The number of nitrogens with one attached hydrogen (secondary N) is 1. The number of anilines is 1. The van der Waals surface area contributed by atoms with Crippen molar-refractivity contribution >= 4 is 33.6 Å². The predicted octanol–water partition coefficient (Wildman–Crippen LogP) is 4.12. The zero-order valence-corrected chi connectivity index (χ0v) is 13.9. The highest BCUT2D eigenvalue weighted by Crippen LogP contribution is 2.28. The van der Waals surface area contributed by atoms with Crippen molar-refractivity contribution in [3.05, 3.63) is 58.6 Å². The highest BCUT2D eigenvalue weighted by Gasteiger charge is 2.03. The largest absolute Gasteiger partial charge is 0.493 e. The fourth-order valence-corrected chi connectivity index (χ4v) is 2.28. The molecule has 0 bridgehead atoms. The first-order valence-corrected chi connectivity index (χ1v) is 7.38. The lowest BCUT2D eigenvalue weighted by Crippen LogP contribution is -2.07. The van der Waals surface area contributed by atoms with Crippen LogP contribution in [0.25, 0.3) is 6.08 Å². The van der Waals surface area contributed by atoms with Crippen molar-refractivity contribution in [3.63, 3.8) is 0 Å². The van der Waals surface area contributed by atoms with Crippen molar-refractivity contribution in [2.75, 3.05) is 19.5 Å². The Morgan fingerprint density at radius 3 is 2.55 bits per heavy atom. The third-order valence-corrected chi connectivity index (χ3v) is 3.42. The molecular formula is C17H16BrNO3. The maximum absolute atomic E-state index is 11.9. The standard InChI is InChI=1S/C17H16BrNO3/c1-21-15-8-6-12(10-16(15)22-2)7-9-17(20)19-14-5-3-4-13(18)11-14/h3-11H,1-2H3,(H,19,20)/b9-7+. The van der Waals surface area contributed by atoms with E-state index in [0.29, 0.717) is 11.5 Å². The summed E-state index contributed by atoms with van der Waals surface area (Å²) >= 11 is 3.36. The molecule has 2 rings (SSSR count). The van der Waals surface area contributed by atoms with Crippen LogP contribution in [0.5, 0.6) is 11.5 Å². The Labute approximate surface area is 137 Å². The number of carbonyl (C=O) groups is 1. The number of methoxy groups -OCH3 is 2. The lowest BCUT2D eigenvalue weighted by molar-refractivity contribution is -0.111. The predicted molar refractivity (Wildman–Crippen MR) is 91.4 cm³/mol. The number of amides is 1. The summed E-state index contributed by atoms with van der Waals surface area (Å²) in [5, 5.41) is 2.79. The first kappa shape index (κ1) is 16.1. The van der Waals surface area contributed by atoms with Gasteiger partial charge in [0, 0.05) is 16.2 Å². The van der Waals surface area contributed by atoms with Crippen LogP contribution in [-0.4, -0.2) is 20.1 Å². The van der Waals surface area contributed by atoms with Crippen molar-refractivity contribution in [3.8, 4) is 11.5 Å². The maximum Gasteiger partial charge on any atom is 0.248 e. The Kier molecular flexibility index (Phi) is 5.61. The van der Waals surface area contributed by atoms with Gasteiger partial charge in [-0.25, -0.2) is 0 Å². The van der Waals surface area contributed by atoms with Crippen molar-refractivity contribution < 1.29 is 14.3 Å². The summed E-state index contributed by atoms with van der Waals surface area (Å²) < 4.78 is 11.3. The van der Waals surface area contributed by atoms with Gasteiger partial charge in [0.25, 0.3) is 0 Å². The molecule has 0 aromatic heterocycles. The monoisotopic (exact) mass is 361 g/mol. The van der Waals surface area contributed by atoms with Crippen LogP contribution in [0.3, 0.4) is 0 Å². The van der Waals surface area contributed by atoms with Crippen molar-refractivity contribution in [1.29, 1.82) is 0 Å². The lowest BCUT2D eigenvalue weighted by atomic mass is 10.2. The van der Waals surface area contributed by atoms with E-state index in [9.17, 15) is 4.79 Å². The van der Waals surface area contributed by atoms with Gasteiger partial charge in [0.1, 0.15) is 0 Å². The maximum atomic E-state index is 11.9. The summed E-state index contributed by atoms with van der Waals surface area (Å²) in [6, 6.07) is 12.9. The number of hydrogen-bond acceptors (Lipinski definition) is 3. The third-order valence-electron chi connectivity index (χ3n) is 2.93. The highest BCUT2D eigenvalue weighted by atomic mass is 79.9. The van der Waals surface area contributed by atoms with E-state index in [4.69, 9.17) is 9.47 Å². The van der Waals surface area contributed by atoms with Gasteiger partial charge in [0.2, 0.25) is 5.91 Å². The summed E-state index contributed by atoms with van der Waals surface area (Å²) in [5.41, 5.74) is 1.58. The number of benzene rings is 2. The van der Waals surface area contributed by atoms with E-state index >= 15 is 0 Å². The molecule has 4 nitrogen and oxygen atoms in total. The molecule has 0 heterocycles. The van der Waals surface area contributed by atoms with Crippen LogP contribution in [0.2, 0.25) is 0 Å². The third kappa shape index (κ3) is 4.36. The molecular weight excluding hydrogens is 346 g/mol. The number of halogens is 1. The number of rotatable bonds is 5. The Morgan fingerprint density at radius 2 is 1.86 bits per heavy atom. The van der Waals surface area contributed by atoms with Crippen molar-refractivity contribution in [2.24, 2.45) is 0 Å². The molecule has 0 aliphatic rings. The van der Waals surface area contributed by atoms with E-state index in [-0.39, 0.29) is 5.91 Å². The second-order valence-electron chi connectivity index (χ2n) is 4.45. The van der Waals surface area contributed by atoms with Gasteiger partial charge in [-0.2, -0.15) is 0 Å². The molecule has 2 aromatic carbocycles. The van der Waals surface area contributed by atoms with Gasteiger partial charge in [0.05, 0.1) is 14.2 Å². The molecule has 0 unspecified atom stereocenters. The van der Waals surface area contributed by atoms with Crippen LogP contribution < -0.4 is 14.8 Å².